The van der Waals surface area contributed by atoms with Gasteiger partial charge in [-0.25, -0.2) is 0 Å². The summed E-state index contributed by atoms with van der Waals surface area (Å²) in [6, 6.07) is 11.7. The molecular formula is C20H24N2O2S. The third-order valence-electron chi connectivity index (χ3n) is 4.50. The highest BCUT2D eigenvalue weighted by Gasteiger charge is 2.12. The molecule has 1 fully saturated rings. The molecule has 25 heavy (non-hydrogen) atoms. The highest BCUT2D eigenvalue weighted by atomic mass is 32.1. The molecule has 4 nitrogen and oxygen atoms in total. The molecule has 0 radical (unpaired) electrons. The second kappa shape index (κ2) is 8.81. The predicted octanol–water partition coefficient (Wildman–Crippen LogP) is 4.73. The molecule has 1 aliphatic rings. The topological polar surface area (TPSA) is 49.4 Å². The van der Waals surface area contributed by atoms with Crippen LogP contribution in [-0.2, 0) is 4.79 Å². The van der Waals surface area contributed by atoms with E-state index in [4.69, 9.17) is 0 Å². The molecule has 1 aromatic carbocycles. The Morgan fingerprint density at radius 2 is 1.68 bits per heavy atom. The van der Waals surface area contributed by atoms with E-state index in [1.54, 1.807) is 6.07 Å². The van der Waals surface area contributed by atoms with Crippen LogP contribution in [0.2, 0.25) is 0 Å². The van der Waals surface area contributed by atoms with Crippen LogP contribution < -0.4 is 10.2 Å². The van der Waals surface area contributed by atoms with Crippen LogP contribution in [0.4, 0.5) is 11.4 Å². The quantitative estimate of drug-likeness (QED) is 0.761. The average Bonchev–Trinajstić information content (AvgIpc) is 3.03. The van der Waals surface area contributed by atoms with Gasteiger partial charge in [0.1, 0.15) is 0 Å². The lowest BCUT2D eigenvalue weighted by Gasteiger charge is -2.22. The third-order valence-corrected chi connectivity index (χ3v) is 5.41. The summed E-state index contributed by atoms with van der Waals surface area (Å²) < 4.78 is 0. The number of amides is 1. The Morgan fingerprint density at radius 1 is 0.960 bits per heavy atom. The van der Waals surface area contributed by atoms with E-state index in [1.807, 2.05) is 23.6 Å². The number of carbonyl (C=O) groups excluding carboxylic acids is 2. The van der Waals surface area contributed by atoms with Gasteiger partial charge in [0.05, 0.1) is 4.88 Å². The zero-order chi connectivity index (χ0) is 17.5. The van der Waals surface area contributed by atoms with Gasteiger partial charge in [-0.3, -0.25) is 9.59 Å². The van der Waals surface area contributed by atoms with Crippen molar-refractivity contribution in [1.82, 2.24) is 0 Å². The maximum atomic E-state index is 12.0. The van der Waals surface area contributed by atoms with Gasteiger partial charge in [-0.2, -0.15) is 0 Å². The fraction of sp³-hybridized carbons (Fsp3) is 0.400. The van der Waals surface area contributed by atoms with Crippen molar-refractivity contribution in [2.45, 2.75) is 38.5 Å². The Labute approximate surface area is 152 Å². The maximum Gasteiger partial charge on any atom is 0.224 e. The number of rotatable bonds is 6. The minimum Gasteiger partial charge on any atom is -0.372 e. The Balaban J connectivity index is 1.49. The van der Waals surface area contributed by atoms with Crippen LogP contribution in [0.3, 0.4) is 0 Å². The average molecular weight is 356 g/mol. The van der Waals surface area contributed by atoms with Gasteiger partial charge in [-0.05, 0) is 48.6 Å². The molecule has 0 atom stereocenters. The number of carbonyl (C=O) groups is 2. The van der Waals surface area contributed by atoms with Crippen molar-refractivity contribution < 1.29 is 9.59 Å². The van der Waals surface area contributed by atoms with Crippen molar-refractivity contribution in [3.63, 3.8) is 0 Å². The van der Waals surface area contributed by atoms with Crippen molar-refractivity contribution in [3.8, 4) is 0 Å². The Hall–Kier alpha value is -2.14. The second-order valence-electron chi connectivity index (χ2n) is 6.40. The number of benzene rings is 1. The fourth-order valence-corrected chi connectivity index (χ4v) is 3.79. The molecule has 5 heteroatoms. The molecule has 132 valence electrons. The number of hydrogen-bond donors (Lipinski definition) is 1. The Morgan fingerprint density at radius 3 is 2.32 bits per heavy atom. The number of anilines is 2. The molecule has 2 heterocycles. The lowest BCUT2D eigenvalue weighted by molar-refractivity contribution is -0.116. The van der Waals surface area contributed by atoms with Gasteiger partial charge in [0, 0.05) is 37.3 Å². The van der Waals surface area contributed by atoms with Crippen molar-refractivity contribution in [3.05, 3.63) is 46.7 Å². The summed E-state index contributed by atoms with van der Waals surface area (Å²) in [5.74, 6) is -0.0888. The summed E-state index contributed by atoms with van der Waals surface area (Å²) in [4.78, 5) is 27.1. The molecule has 0 bridgehead atoms. The van der Waals surface area contributed by atoms with Gasteiger partial charge in [0.2, 0.25) is 5.91 Å². The van der Waals surface area contributed by atoms with Crippen LogP contribution in [-0.4, -0.2) is 24.8 Å². The van der Waals surface area contributed by atoms with Crippen molar-refractivity contribution in [2.75, 3.05) is 23.3 Å². The summed E-state index contributed by atoms with van der Waals surface area (Å²) >= 11 is 1.42. The molecule has 3 rings (SSSR count). The molecule has 0 saturated carbocycles. The summed E-state index contributed by atoms with van der Waals surface area (Å²) in [7, 11) is 0. The standard InChI is InChI=1S/C20H24N2O2S/c23-18(19-6-5-15-25-19)11-12-20(24)21-16-7-9-17(10-8-16)22-13-3-1-2-4-14-22/h5-10,15H,1-4,11-14H2,(H,21,24). The van der Waals surface area contributed by atoms with Crippen LogP contribution in [0, 0.1) is 0 Å². The maximum absolute atomic E-state index is 12.0. The smallest absolute Gasteiger partial charge is 0.224 e. The highest BCUT2D eigenvalue weighted by molar-refractivity contribution is 7.12. The largest absolute Gasteiger partial charge is 0.372 e. The first-order chi connectivity index (χ1) is 12.2. The molecule has 1 amide bonds. The molecule has 0 aliphatic carbocycles. The van der Waals surface area contributed by atoms with E-state index in [-0.39, 0.29) is 24.5 Å². The van der Waals surface area contributed by atoms with Gasteiger partial charge in [-0.15, -0.1) is 11.3 Å². The zero-order valence-electron chi connectivity index (χ0n) is 14.4. The Kier molecular flexibility index (Phi) is 6.23. The van der Waals surface area contributed by atoms with Gasteiger partial charge in [0.25, 0.3) is 0 Å². The van der Waals surface area contributed by atoms with E-state index in [0.717, 1.165) is 23.7 Å². The number of ketones is 1. The summed E-state index contributed by atoms with van der Waals surface area (Å²) in [5, 5.41) is 4.75. The van der Waals surface area contributed by atoms with E-state index >= 15 is 0 Å². The van der Waals surface area contributed by atoms with Crippen LogP contribution in [0.25, 0.3) is 0 Å². The van der Waals surface area contributed by atoms with Crippen LogP contribution >= 0.6 is 11.3 Å². The van der Waals surface area contributed by atoms with Crippen molar-refractivity contribution >= 4 is 34.4 Å². The summed E-state index contributed by atoms with van der Waals surface area (Å²) in [5.41, 5.74) is 2.00. The second-order valence-corrected chi connectivity index (χ2v) is 7.34. The third kappa shape index (κ3) is 5.16. The van der Waals surface area contributed by atoms with E-state index in [0.29, 0.717) is 0 Å². The molecule has 1 aromatic heterocycles. The van der Waals surface area contributed by atoms with Gasteiger partial charge < -0.3 is 10.2 Å². The number of nitrogens with zero attached hydrogens (tertiary/aromatic N) is 1. The van der Waals surface area contributed by atoms with E-state index < -0.39 is 0 Å². The zero-order valence-corrected chi connectivity index (χ0v) is 15.2. The van der Waals surface area contributed by atoms with Crippen LogP contribution in [0.15, 0.2) is 41.8 Å². The lowest BCUT2D eigenvalue weighted by Crippen LogP contribution is -2.23. The number of Topliss-reactive ketones (excluding diaryl/α,β-unsaturated/α-hetero) is 1. The first-order valence-corrected chi connectivity index (χ1v) is 9.82. The molecule has 0 spiro atoms. The molecule has 2 aromatic rings. The molecule has 1 N–H and O–H groups in total. The number of hydrogen-bond acceptors (Lipinski definition) is 4. The van der Waals surface area contributed by atoms with Crippen LogP contribution in [0.5, 0.6) is 0 Å². The highest BCUT2D eigenvalue weighted by Crippen LogP contribution is 2.22. The Bertz CT molecular complexity index is 687. The van der Waals surface area contributed by atoms with E-state index in [1.165, 1.54) is 42.7 Å². The van der Waals surface area contributed by atoms with E-state index in [2.05, 4.69) is 22.3 Å². The molecule has 1 aliphatic heterocycles. The number of nitrogens with one attached hydrogen (secondary N) is 1. The summed E-state index contributed by atoms with van der Waals surface area (Å²) in [6.45, 7) is 2.22. The SMILES string of the molecule is O=C(CCC(=O)c1cccs1)Nc1ccc(N2CCCCCC2)cc1. The molecular weight excluding hydrogens is 332 g/mol. The summed E-state index contributed by atoms with van der Waals surface area (Å²) in [6.07, 6.45) is 5.58. The van der Waals surface area contributed by atoms with Gasteiger partial charge >= 0.3 is 0 Å². The minimum atomic E-state index is -0.118. The first-order valence-electron chi connectivity index (χ1n) is 8.94. The van der Waals surface area contributed by atoms with Crippen molar-refractivity contribution in [2.24, 2.45) is 0 Å². The van der Waals surface area contributed by atoms with Crippen molar-refractivity contribution in [1.29, 1.82) is 0 Å². The van der Waals surface area contributed by atoms with Gasteiger partial charge in [0.15, 0.2) is 5.78 Å². The predicted molar refractivity (Wildman–Crippen MR) is 104 cm³/mol. The molecule has 0 unspecified atom stereocenters. The monoisotopic (exact) mass is 356 g/mol. The molecule has 1 saturated heterocycles. The lowest BCUT2D eigenvalue weighted by atomic mass is 10.2. The first kappa shape index (κ1) is 17.7. The van der Waals surface area contributed by atoms with Crippen LogP contribution in [0.1, 0.15) is 48.2 Å². The minimum absolute atomic E-state index is 0.0293. The van der Waals surface area contributed by atoms with Gasteiger partial charge in [-0.1, -0.05) is 18.9 Å². The van der Waals surface area contributed by atoms with E-state index in [9.17, 15) is 9.59 Å². The fourth-order valence-electron chi connectivity index (χ4n) is 3.10. The normalized spacial score (nSPS) is 14.8. The number of thiophene rings is 1.